The lowest BCUT2D eigenvalue weighted by Gasteiger charge is -2.26. The molecule has 0 amide bonds. The van der Waals surface area contributed by atoms with E-state index in [9.17, 15) is 0 Å². The Kier molecular flexibility index (Phi) is 6.79. The highest BCUT2D eigenvalue weighted by Crippen LogP contribution is 2.33. The van der Waals surface area contributed by atoms with Crippen LogP contribution in [0.15, 0.2) is 18.2 Å². The molecular weight excluding hydrogens is 324 g/mol. The van der Waals surface area contributed by atoms with Crippen molar-refractivity contribution < 1.29 is 4.74 Å². The van der Waals surface area contributed by atoms with E-state index in [2.05, 4.69) is 80.4 Å². The van der Waals surface area contributed by atoms with Crippen molar-refractivity contribution in [3.05, 3.63) is 35.2 Å². The van der Waals surface area contributed by atoms with E-state index in [0.29, 0.717) is 0 Å². The van der Waals surface area contributed by atoms with Gasteiger partial charge in [0.25, 0.3) is 0 Å². The molecule has 2 rings (SSSR count). The molecule has 1 heterocycles. The molecule has 1 N–H and O–H groups in total. The van der Waals surface area contributed by atoms with E-state index >= 15 is 0 Å². The van der Waals surface area contributed by atoms with Gasteiger partial charge >= 0.3 is 0 Å². The Bertz CT molecular complexity index is 634. The Labute approximate surface area is 157 Å². The first-order chi connectivity index (χ1) is 12.2. The number of aromatic nitrogens is 4. The van der Waals surface area contributed by atoms with Gasteiger partial charge in [-0.1, -0.05) is 65.7 Å². The molecule has 26 heavy (non-hydrogen) atoms. The lowest BCUT2D eigenvalue weighted by atomic mass is 9.80. The summed E-state index contributed by atoms with van der Waals surface area (Å²) >= 11 is 0. The van der Waals surface area contributed by atoms with E-state index in [1.165, 1.54) is 11.1 Å². The van der Waals surface area contributed by atoms with Gasteiger partial charge in [0, 0.05) is 6.42 Å². The van der Waals surface area contributed by atoms with E-state index in [1.54, 1.807) is 0 Å². The van der Waals surface area contributed by atoms with Gasteiger partial charge in [-0.3, -0.25) is 0 Å². The van der Waals surface area contributed by atoms with Crippen molar-refractivity contribution in [1.29, 1.82) is 0 Å². The van der Waals surface area contributed by atoms with Crippen LogP contribution in [0.2, 0.25) is 0 Å². The molecule has 0 atom stereocenters. The van der Waals surface area contributed by atoms with Gasteiger partial charge in [-0.25, -0.2) is 0 Å². The van der Waals surface area contributed by atoms with E-state index in [-0.39, 0.29) is 10.8 Å². The Balaban J connectivity index is 1.82. The minimum atomic E-state index is 0.120. The molecule has 0 aliphatic rings. The smallest absolute Gasteiger partial charge is 0.174 e. The van der Waals surface area contributed by atoms with Crippen molar-refractivity contribution in [2.24, 2.45) is 0 Å². The second-order valence-corrected chi connectivity index (χ2v) is 9.09. The monoisotopic (exact) mass is 358 g/mol. The van der Waals surface area contributed by atoms with E-state index < -0.39 is 0 Å². The van der Waals surface area contributed by atoms with Gasteiger partial charge in [0.2, 0.25) is 0 Å². The van der Waals surface area contributed by atoms with Gasteiger partial charge in [-0.2, -0.15) is 5.21 Å². The molecule has 0 fully saturated rings. The standard InChI is InChI=1S/C21H34N4O/c1-20(2,3)16-13-17(21(4,5)6)15-18(14-16)26-12-10-8-7-9-11-19-22-24-25-23-19/h13-15H,7-12H2,1-6H3,(H,22,23,24,25). The summed E-state index contributed by atoms with van der Waals surface area (Å²) < 4.78 is 6.09. The number of benzene rings is 1. The number of tetrazole rings is 1. The lowest BCUT2D eigenvalue weighted by molar-refractivity contribution is 0.303. The predicted molar refractivity (Wildman–Crippen MR) is 106 cm³/mol. The summed E-state index contributed by atoms with van der Waals surface area (Å²) in [6, 6.07) is 6.72. The molecule has 1 aromatic carbocycles. The molecular formula is C21H34N4O. The van der Waals surface area contributed by atoms with Gasteiger partial charge in [-0.05, 0) is 46.9 Å². The largest absolute Gasteiger partial charge is 0.494 e. The van der Waals surface area contributed by atoms with Crippen LogP contribution >= 0.6 is 0 Å². The molecule has 144 valence electrons. The molecule has 0 unspecified atom stereocenters. The normalized spacial score (nSPS) is 12.4. The molecule has 5 heteroatoms. The summed E-state index contributed by atoms with van der Waals surface area (Å²) in [6.07, 6.45) is 5.36. The summed E-state index contributed by atoms with van der Waals surface area (Å²) in [5, 5.41) is 14.0. The Hall–Kier alpha value is -1.91. The first kappa shape index (κ1) is 20.4. The molecule has 0 aliphatic carbocycles. The number of nitrogens with one attached hydrogen (secondary N) is 1. The van der Waals surface area contributed by atoms with Gasteiger partial charge in [0.05, 0.1) is 6.61 Å². The van der Waals surface area contributed by atoms with Crippen LogP contribution in [-0.2, 0) is 17.3 Å². The van der Waals surface area contributed by atoms with Crippen LogP contribution < -0.4 is 4.74 Å². The number of hydrogen-bond donors (Lipinski definition) is 1. The predicted octanol–water partition coefficient (Wildman–Crippen LogP) is 4.98. The van der Waals surface area contributed by atoms with Crippen LogP contribution in [0.25, 0.3) is 0 Å². The van der Waals surface area contributed by atoms with Crippen LogP contribution in [0, 0.1) is 0 Å². The number of nitrogens with zero attached hydrogens (tertiary/aromatic N) is 3. The number of hydrogen-bond acceptors (Lipinski definition) is 4. The number of aromatic amines is 1. The van der Waals surface area contributed by atoms with Crippen molar-refractivity contribution >= 4 is 0 Å². The maximum atomic E-state index is 6.09. The first-order valence-corrected chi connectivity index (χ1v) is 9.67. The number of ether oxygens (including phenoxy) is 1. The molecule has 0 saturated heterocycles. The highest BCUT2D eigenvalue weighted by Gasteiger charge is 2.20. The van der Waals surface area contributed by atoms with E-state index in [0.717, 1.165) is 50.3 Å². The highest BCUT2D eigenvalue weighted by atomic mass is 16.5. The van der Waals surface area contributed by atoms with Crippen LogP contribution in [-0.4, -0.2) is 27.2 Å². The summed E-state index contributed by atoms with van der Waals surface area (Å²) in [7, 11) is 0. The summed E-state index contributed by atoms with van der Waals surface area (Å²) in [5.74, 6) is 1.80. The van der Waals surface area contributed by atoms with Crippen LogP contribution in [0.1, 0.15) is 84.2 Å². The average molecular weight is 359 g/mol. The van der Waals surface area contributed by atoms with E-state index in [1.807, 2.05) is 0 Å². The minimum absolute atomic E-state index is 0.120. The Morgan fingerprint density at radius 1 is 0.846 bits per heavy atom. The summed E-state index contributed by atoms with van der Waals surface area (Å²) in [5.41, 5.74) is 2.91. The van der Waals surface area contributed by atoms with Crippen LogP contribution in [0.4, 0.5) is 0 Å². The fourth-order valence-electron chi connectivity index (χ4n) is 2.77. The maximum absolute atomic E-state index is 6.09. The number of unbranched alkanes of at least 4 members (excludes halogenated alkanes) is 3. The zero-order chi connectivity index (χ0) is 19.2. The zero-order valence-electron chi connectivity index (χ0n) is 17.2. The van der Waals surface area contributed by atoms with Crippen LogP contribution in [0.5, 0.6) is 5.75 Å². The topological polar surface area (TPSA) is 63.7 Å². The van der Waals surface area contributed by atoms with E-state index in [4.69, 9.17) is 4.74 Å². The number of aryl methyl sites for hydroxylation is 1. The summed E-state index contributed by atoms with van der Waals surface area (Å²) in [4.78, 5) is 0. The Morgan fingerprint density at radius 3 is 2.00 bits per heavy atom. The molecule has 0 aliphatic heterocycles. The van der Waals surface area contributed by atoms with Crippen molar-refractivity contribution in [3.8, 4) is 5.75 Å². The minimum Gasteiger partial charge on any atom is -0.494 e. The third-order valence-corrected chi connectivity index (χ3v) is 4.59. The zero-order valence-corrected chi connectivity index (χ0v) is 17.2. The van der Waals surface area contributed by atoms with Gasteiger partial charge in [0.15, 0.2) is 5.82 Å². The average Bonchev–Trinajstić information content (AvgIpc) is 3.05. The lowest BCUT2D eigenvalue weighted by Crippen LogP contribution is -2.16. The van der Waals surface area contributed by atoms with Crippen molar-refractivity contribution in [2.75, 3.05) is 6.61 Å². The molecule has 0 saturated carbocycles. The van der Waals surface area contributed by atoms with Crippen molar-refractivity contribution in [2.45, 2.75) is 84.5 Å². The molecule has 0 radical (unpaired) electrons. The van der Waals surface area contributed by atoms with Gasteiger partial charge < -0.3 is 4.74 Å². The molecule has 5 nitrogen and oxygen atoms in total. The SMILES string of the molecule is CC(C)(C)c1cc(OCCCCCCc2nn[nH]n2)cc(C(C)(C)C)c1. The third-order valence-electron chi connectivity index (χ3n) is 4.59. The fourth-order valence-corrected chi connectivity index (χ4v) is 2.77. The molecule has 0 spiro atoms. The third kappa shape index (κ3) is 6.43. The summed E-state index contributed by atoms with van der Waals surface area (Å²) in [6.45, 7) is 14.3. The molecule has 0 bridgehead atoms. The molecule has 1 aromatic heterocycles. The van der Waals surface area contributed by atoms with Crippen LogP contribution in [0.3, 0.4) is 0 Å². The second kappa shape index (κ2) is 8.65. The number of rotatable bonds is 8. The second-order valence-electron chi connectivity index (χ2n) is 9.09. The van der Waals surface area contributed by atoms with Gasteiger partial charge in [0.1, 0.15) is 5.75 Å². The molecule has 2 aromatic rings. The highest BCUT2D eigenvalue weighted by molar-refractivity contribution is 5.40. The maximum Gasteiger partial charge on any atom is 0.174 e. The van der Waals surface area contributed by atoms with Gasteiger partial charge in [-0.15, -0.1) is 10.2 Å². The first-order valence-electron chi connectivity index (χ1n) is 9.67. The van der Waals surface area contributed by atoms with Crippen molar-refractivity contribution in [3.63, 3.8) is 0 Å². The van der Waals surface area contributed by atoms with Crippen molar-refractivity contribution in [1.82, 2.24) is 20.6 Å². The Morgan fingerprint density at radius 2 is 1.46 bits per heavy atom. The quantitative estimate of drug-likeness (QED) is 0.676. The fraction of sp³-hybridized carbons (Fsp3) is 0.667. The number of H-pyrrole nitrogens is 1.